The second-order valence-electron chi connectivity index (χ2n) is 5.31. The molecule has 0 spiro atoms. The Labute approximate surface area is 139 Å². The van der Waals surface area contributed by atoms with Crippen LogP contribution in [0.5, 0.6) is 6.01 Å². The van der Waals surface area contributed by atoms with Crippen molar-refractivity contribution in [3.63, 3.8) is 0 Å². The van der Waals surface area contributed by atoms with Crippen LogP contribution in [0, 0.1) is 0 Å². The number of aryl methyl sites for hydroxylation is 1. The maximum atomic E-state index is 12.6. The van der Waals surface area contributed by atoms with Crippen molar-refractivity contribution in [3.8, 4) is 6.01 Å². The lowest BCUT2D eigenvalue weighted by atomic mass is 10.1. The number of hydrogen-bond acceptors (Lipinski definition) is 6. The smallest absolute Gasteiger partial charge is 0.316 e. The van der Waals surface area contributed by atoms with Gasteiger partial charge in [-0.15, -0.1) is 0 Å². The molecule has 3 heterocycles. The average molecular weight is 358 g/mol. The quantitative estimate of drug-likeness (QED) is 0.813. The molecule has 8 nitrogen and oxygen atoms in total. The van der Waals surface area contributed by atoms with E-state index < -0.39 is 10.0 Å². The van der Waals surface area contributed by atoms with Gasteiger partial charge in [-0.1, -0.05) is 11.6 Å². The van der Waals surface area contributed by atoms with E-state index in [2.05, 4.69) is 15.0 Å². The van der Waals surface area contributed by atoms with Crippen molar-refractivity contribution in [1.82, 2.24) is 23.8 Å². The van der Waals surface area contributed by atoms with Gasteiger partial charge in [0.2, 0.25) is 0 Å². The Hall–Kier alpha value is -1.71. The molecule has 1 fully saturated rings. The van der Waals surface area contributed by atoms with Crippen LogP contribution in [0.1, 0.15) is 12.8 Å². The van der Waals surface area contributed by atoms with Gasteiger partial charge < -0.3 is 9.30 Å². The Kier molecular flexibility index (Phi) is 4.51. The highest BCUT2D eigenvalue weighted by Crippen LogP contribution is 2.21. The van der Waals surface area contributed by atoms with Gasteiger partial charge >= 0.3 is 6.01 Å². The molecule has 124 valence electrons. The van der Waals surface area contributed by atoms with Crippen molar-refractivity contribution in [2.75, 3.05) is 13.1 Å². The normalized spacial score (nSPS) is 19.7. The molecule has 2 aromatic heterocycles. The van der Waals surface area contributed by atoms with Crippen LogP contribution in [0.3, 0.4) is 0 Å². The minimum atomic E-state index is -3.61. The fourth-order valence-electron chi connectivity index (χ4n) is 2.38. The molecule has 0 bridgehead atoms. The van der Waals surface area contributed by atoms with E-state index in [0.29, 0.717) is 18.0 Å². The van der Waals surface area contributed by atoms with E-state index in [0.717, 1.165) is 6.42 Å². The summed E-state index contributed by atoms with van der Waals surface area (Å²) in [4.78, 5) is 11.9. The van der Waals surface area contributed by atoms with Crippen molar-refractivity contribution in [2.45, 2.75) is 24.0 Å². The van der Waals surface area contributed by atoms with Crippen molar-refractivity contribution in [3.05, 3.63) is 29.9 Å². The van der Waals surface area contributed by atoms with Crippen molar-refractivity contribution < 1.29 is 13.2 Å². The molecule has 0 aliphatic carbocycles. The van der Waals surface area contributed by atoms with Gasteiger partial charge in [-0.25, -0.2) is 23.4 Å². The van der Waals surface area contributed by atoms with Gasteiger partial charge in [-0.05, 0) is 12.8 Å². The number of halogens is 1. The lowest BCUT2D eigenvalue weighted by Crippen LogP contribution is -2.44. The zero-order valence-corrected chi connectivity index (χ0v) is 14.0. The molecule has 2 aromatic rings. The van der Waals surface area contributed by atoms with Crippen LogP contribution in [-0.2, 0) is 17.1 Å². The molecule has 3 rings (SSSR count). The highest BCUT2D eigenvalue weighted by molar-refractivity contribution is 7.89. The van der Waals surface area contributed by atoms with Gasteiger partial charge in [0.15, 0.2) is 5.03 Å². The SMILES string of the molecule is Cn1cnc(S(=O)(=O)N2CCCC(Oc3ncc(Cl)cn3)C2)c1. The molecule has 0 radical (unpaired) electrons. The fraction of sp³-hybridized carbons (Fsp3) is 0.462. The zero-order valence-electron chi connectivity index (χ0n) is 12.5. The molecule has 0 amide bonds. The van der Waals surface area contributed by atoms with Crippen LogP contribution in [0.2, 0.25) is 5.02 Å². The summed E-state index contributed by atoms with van der Waals surface area (Å²) in [6, 6.07) is 0.191. The molecule has 0 aromatic carbocycles. The zero-order chi connectivity index (χ0) is 16.4. The van der Waals surface area contributed by atoms with E-state index >= 15 is 0 Å². The maximum Gasteiger partial charge on any atom is 0.316 e. The molecular formula is C13H16ClN5O3S. The summed E-state index contributed by atoms with van der Waals surface area (Å²) < 4.78 is 33.8. The Morgan fingerprint density at radius 3 is 2.70 bits per heavy atom. The number of aromatic nitrogens is 4. The predicted octanol–water partition coefficient (Wildman–Crippen LogP) is 1.10. The first kappa shape index (κ1) is 16.2. The van der Waals surface area contributed by atoms with Crippen molar-refractivity contribution in [1.29, 1.82) is 0 Å². The van der Waals surface area contributed by atoms with Gasteiger partial charge in [0.25, 0.3) is 10.0 Å². The van der Waals surface area contributed by atoms with Crippen LogP contribution in [0.25, 0.3) is 0 Å². The maximum absolute atomic E-state index is 12.6. The molecule has 10 heteroatoms. The minimum absolute atomic E-state index is 0.0448. The summed E-state index contributed by atoms with van der Waals surface area (Å²) in [6.45, 7) is 0.686. The molecule has 0 saturated carbocycles. The number of nitrogens with zero attached hydrogens (tertiary/aromatic N) is 5. The highest BCUT2D eigenvalue weighted by atomic mass is 35.5. The second-order valence-corrected chi connectivity index (χ2v) is 7.63. The summed E-state index contributed by atoms with van der Waals surface area (Å²) >= 11 is 5.73. The first-order valence-electron chi connectivity index (χ1n) is 7.07. The Morgan fingerprint density at radius 1 is 1.30 bits per heavy atom. The summed E-state index contributed by atoms with van der Waals surface area (Å²) in [6.07, 6.45) is 6.96. The summed E-state index contributed by atoms with van der Waals surface area (Å²) in [5, 5.41) is 0.462. The number of piperidine rings is 1. The fourth-order valence-corrected chi connectivity index (χ4v) is 3.96. The number of hydrogen-bond donors (Lipinski definition) is 0. The Bertz CT molecular complexity index is 777. The monoisotopic (exact) mass is 357 g/mol. The minimum Gasteiger partial charge on any atom is -0.459 e. The molecule has 1 atom stereocenters. The molecule has 1 aliphatic heterocycles. The Morgan fingerprint density at radius 2 is 2.04 bits per heavy atom. The van der Waals surface area contributed by atoms with Gasteiger partial charge in [0.1, 0.15) is 6.10 Å². The molecule has 1 saturated heterocycles. The van der Waals surface area contributed by atoms with Crippen LogP contribution >= 0.6 is 11.6 Å². The lowest BCUT2D eigenvalue weighted by molar-refractivity contribution is 0.119. The second kappa shape index (κ2) is 6.42. The van der Waals surface area contributed by atoms with Crippen molar-refractivity contribution >= 4 is 21.6 Å². The molecule has 1 aliphatic rings. The lowest BCUT2D eigenvalue weighted by Gasteiger charge is -2.30. The standard InChI is InChI=1S/C13H16ClN5O3S/c1-18-8-12(17-9-18)23(20,21)19-4-2-3-11(7-19)22-13-15-5-10(14)6-16-13/h5-6,8-9,11H,2-4,7H2,1H3. The molecular weight excluding hydrogens is 342 g/mol. The van der Waals surface area contributed by atoms with Crippen LogP contribution < -0.4 is 4.74 Å². The van der Waals surface area contributed by atoms with E-state index in [1.807, 2.05) is 0 Å². The molecule has 1 unspecified atom stereocenters. The van der Waals surface area contributed by atoms with Gasteiger partial charge in [0.05, 0.1) is 30.3 Å². The number of imidazole rings is 1. The summed E-state index contributed by atoms with van der Waals surface area (Å²) in [5.74, 6) is 0. The average Bonchev–Trinajstić information content (AvgIpc) is 2.97. The molecule has 0 N–H and O–H groups in total. The Balaban J connectivity index is 1.71. The number of ether oxygens (including phenoxy) is 1. The number of sulfonamides is 1. The largest absolute Gasteiger partial charge is 0.459 e. The topological polar surface area (TPSA) is 90.2 Å². The van der Waals surface area contributed by atoms with Gasteiger partial charge in [0, 0.05) is 19.8 Å². The summed E-state index contributed by atoms with van der Waals surface area (Å²) in [7, 11) is -1.89. The van der Waals surface area contributed by atoms with E-state index in [1.165, 1.54) is 29.2 Å². The van der Waals surface area contributed by atoms with E-state index in [1.54, 1.807) is 11.6 Å². The van der Waals surface area contributed by atoms with Crippen molar-refractivity contribution in [2.24, 2.45) is 7.05 Å². The first-order valence-corrected chi connectivity index (χ1v) is 8.89. The third kappa shape index (κ3) is 3.62. The third-order valence-electron chi connectivity index (χ3n) is 3.49. The van der Waals surface area contributed by atoms with E-state index in [-0.39, 0.29) is 23.7 Å². The predicted molar refractivity (Wildman–Crippen MR) is 82.7 cm³/mol. The van der Waals surface area contributed by atoms with Gasteiger partial charge in [-0.3, -0.25) is 0 Å². The third-order valence-corrected chi connectivity index (χ3v) is 5.44. The van der Waals surface area contributed by atoms with Gasteiger partial charge in [-0.2, -0.15) is 4.31 Å². The van der Waals surface area contributed by atoms with E-state index in [9.17, 15) is 8.42 Å². The summed E-state index contributed by atoms with van der Waals surface area (Å²) in [5.41, 5.74) is 0. The molecule has 23 heavy (non-hydrogen) atoms. The van der Waals surface area contributed by atoms with Crippen LogP contribution in [0.15, 0.2) is 29.9 Å². The van der Waals surface area contributed by atoms with Crippen LogP contribution in [-0.4, -0.2) is 51.4 Å². The number of rotatable bonds is 4. The first-order chi connectivity index (χ1) is 10.9. The van der Waals surface area contributed by atoms with E-state index in [4.69, 9.17) is 16.3 Å². The van der Waals surface area contributed by atoms with Crippen LogP contribution in [0.4, 0.5) is 0 Å². The highest BCUT2D eigenvalue weighted by Gasteiger charge is 2.32.